The molecule has 0 radical (unpaired) electrons. The van der Waals surface area contributed by atoms with Gasteiger partial charge in [-0.3, -0.25) is 0 Å². The monoisotopic (exact) mass is 237 g/mol. The predicted molar refractivity (Wildman–Crippen MR) is 58.2 cm³/mol. The molecule has 1 N–H and O–H groups in total. The number of rotatable bonds is 6. The Morgan fingerprint density at radius 3 is 3.06 bits per heavy atom. The van der Waals surface area contributed by atoms with Gasteiger partial charge in [0.15, 0.2) is 5.82 Å². The van der Waals surface area contributed by atoms with E-state index in [9.17, 15) is 0 Å². The normalized spacial score (nSPS) is 10.9. The molecule has 0 amide bonds. The lowest BCUT2D eigenvalue weighted by molar-refractivity contribution is 0.288. The molecule has 0 fully saturated rings. The largest absolute Gasteiger partial charge is 0.396 e. The van der Waals surface area contributed by atoms with Gasteiger partial charge in [-0.05, 0) is 12.8 Å². The third-order valence-electron chi connectivity index (χ3n) is 2.30. The predicted octanol–water partition coefficient (Wildman–Crippen LogP) is 0.197. The molecule has 92 valence electrons. The Hall–Kier alpha value is -1.76. The number of nitrogens with zero attached hydrogens (tertiary/aromatic N) is 5. The highest BCUT2D eigenvalue weighted by molar-refractivity contribution is 4.94. The van der Waals surface area contributed by atoms with Crippen LogP contribution in [0.25, 0.3) is 0 Å². The van der Waals surface area contributed by atoms with Gasteiger partial charge in [-0.2, -0.15) is 4.98 Å². The van der Waals surface area contributed by atoms with Crippen molar-refractivity contribution in [2.75, 3.05) is 6.61 Å². The highest BCUT2D eigenvalue weighted by Crippen LogP contribution is 2.02. The van der Waals surface area contributed by atoms with Crippen LogP contribution < -0.4 is 0 Å². The maximum Gasteiger partial charge on any atom is 0.248 e. The van der Waals surface area contributed by atoms with Gasteiger partial charge in [0, 0.05) is 19.2 Å². The van der Waals surface area contributed by atoms with Crippen LogP contribution in [0.4, 0.5) is 0 Å². The Bertz CT molecular complexity index is 465. The molecule has 0 saturated heterocycles. The van der Waals surface area contributed by atoms with Crippen LogP contribution in [0.1, 0.15) is 30.8 Å². The molecule has 0 unspecified atom stereocenters. The molecule has 0 aromatic carbocycles. The van der Waals surface area contributed by atoms with Crippen molar-refractivity contribution >= 4 is 0 Å². The zero-order valence-electron chi connectivity index (χ0n) is 9.70. The van der Waals surface area contributed by atoms with Crippen molar-refractivity contribution in [3.8, 4) is 0 Å². The summed E-state index contributed by atoms with van der Waals surface area (Å²) in [6.07, 6.45) is 3.99. The lowest BCUT2D eigenvalue weighted by Crippen LogP contribution is -2.00. The smallest absolute Gasteiger partial charge is 0.248 e. The van der Waals surface area contributed by atoms with E-state index in [-0.39, 0.29) is 6.61 Å². The molecule has 0 aliphatic heterocycles. The first-order chi connectivity index (χ1) is 8.31. The summed E-state index contributed by atoms with van der Waals surface area (Å²) in [6, 6.07) is 0. The fraction of sp³-hybridized carbons (Fsp3) is 0.600. The summed E-state index contributed by atoms with van der Waals surface area (Å²) < 4.78 is 6.71. The third kappa shape index (κ3) is 3.10. The van der Waals surface area contributed by atoms with Crippen LogP contribution in [-0.2, 0) is 19.4 Å². The number of aliphatic hydroxyl groups is 1. The van der Waals surface area contributed by atoms with Crippen molar-refractivity contribution in [2.24, 2.45) is 0 Å². The summed E-state index contributed by atoms with van der Waals surface area (Å²) in [5.74, 6) is 1.22. The van der Waals surface area contributed by atoms with Gasteiger partial charge in [0.25, 0.3) is 0 Å². The molecular weight excluding hydrogens is 222 g/mol. The van der Waals surface area contributed by atoms with Crippen molar-refractivity contribution in [1.82, 2.24) is 25.1 Å². The van der Waals surface area contributed by atoms with E-state index in [0.717, 1.165) is 18.5 Å². The van der Waals surface area contributed by atoms with E-state index in [0.29, 0.717) is 24.7 Å². The minimum absolute atomic E-state index is 0.163. The Labute approximate surface area is 98.5 Å². The maximum atomic E-state index is 8.71. The first-order valence-corrected chi connectivity index (χ1v) is 5.63. The summed E-state index contributed by atoms with van der Waals surface area (Å²) in [5.41, 5.74) is 0.856. The molecular formula is C10H15N5O2. The number of hydrogen-bond donors (Lipinski definition) is 1. The molecule has 0 aliphatic rings. The Morgan fingerprint density at radius 1 is 1.47 bits per heavy atom. The maximum absolute atomic E-state index is 8.71. The fourth-order valence-electron chi connectivity index (χ4n) is 1.43. The lowest BCUT2D eigenvalue weighted by atomic mass is 10.3. The number of aliphatic hydroxyl groups excluding tert-OH is 1. The van der Waals surface area contributed by atoms with Gasteiger partial charge in [0.2, 0.25) is 5.89 Å². The molecule has 17 heavy (non-hydrogen) atoms. The Balaban J connectivity index is 1.96. The van der Waals surface area contributed by atoms with E-state index in [4.69, 9.17) is 9.63 Å². The molecule has 2 aromatic heterocycles. The van der Waals surface area contributed by atoms with E-state index in [2.05, 4.69) is 20.5 Å². The molecule has 2 aromatic rings. The van der Waals surface area contributed by atoms with Crippen LogP contribution in [0.5, 0.6) is 0 Å². The quantitative estimate of drug-likeness (QED) is 0.771. The topological polar surface area (TPSA) is 89.9 Å². The summed E-state index contributed by atoms with van der Waals surface area (Å²) in [6.45, 7) is 2.56. The van der Waals surface area contributed by atoms with Gasteiger partial charge < -0.3 is 9.63 Å². The summed E-state index contributed by atoms with van der Waals surface area (Å²) in [5, 5.41) is 20.5. The molecule has 0 aliphatic carbocycles. The molecule has 2 heterocycles. The van der Waals surface area contributed by atoms with Gasteiger partial charge >= 0.3 is 0 Å². The summed E-state index contributed by atoms with van der Waals surface area (Å²) in [7, 11) is 0. The zero-order valence-corrected chi connectivity index (χ0v) is 9.70. The lowest BCUT2D eigenvalue weighted by Gasteiger charge is -1.92. The molecule has 0 atom stereocenters. The second kappa shape index (κ2) is 5.53. The van der Waals surface area contributed by atoms with Crippen LogP contribution in [0.2, 0.25) is 0 Å². The molecule has 7 nitrogen and oxygen atoms in total. The van der Waals surface area contributed by atoms with Crippen LogP contribution in [0.3, 0.4) is 0 Å². The highest BCUT2D eigenvalue weighted by atomic mass is 16.5. The van der Waals surface area contributed by atoms with Gasteiger partial charge in [0.05, 0.1) is 5.69 Å². The van der Waals surface area contributed by atoms with E-state index < -0.39 is 0 Å². The van der Waals surface area contributed by atoms with E-state index in [1.165, 1.54) is 0 Å². The molecule has 7 heteroatoms. The van der Waals surface area contributed by atoms with Crippen LogP contribution in [0, 0.1) is 0 Å². The first-order valence-electron chi connectivity index (χ1n) is 5.63. The van der Waals surface area contributed by atoms with Gasteiger partial charge in [-0.1, -0.05) is 17.3 Å². The Morgan fingerprint density at radius 2 is 2.35 bits per heavy atom. The van der Waals surface area contributed by atoms with Crippen LogP contribution in [-0.4, -0.2) is 36.8 Å². The molecule has 2 rings (SSSR count). The van der Waals surface area contributed by atoms with Gasteiger partial charge in [-0.25, -0.2) is 4.68 Å². The molecule has 0 saturated carbocycles. The van der Waals surface area contributed by atoms with Crippen LogP contribution in [0.15, 0.2) is 10.7 Å². The first kappa shape index (κ1) is 11.7. The van der Waals surface area contributed by atoms with E-state index >= 15 is 0 Å². The van der Waals surface area contributed by atoms with Crippen LogP contribution >= 0.6 is 0 Å². The summed E-state index contributed by atoms with van der Waals surface area (Å²) in [4.78, 5) is 4.19. The van der Waals surface area contributed by atoms with Crippen molar-refractivity contribution < 1.29 is 9.63 Å². The average molecular weight is 237 g/mol. The standard InChI is InChI=1S/C10H15N5O2/c1-2-9-11-10(17-13-9)7-15-6-8(12-14-15)4-3-5-16/h6,16H,2-5,7H2,1H3. The SMILES string of the molecule is CCc1noc(Cn2cc(CCCO)nn2)n1. The number of aromatic nitrogens is 5. The molecule has 0 bridgehead atoms. The average Bonchev–Trinajstić information content (AvgIpc) is 2.96. The highest BCUT2D eigenvalue weighted by Gasteiger charge is 2.07. The number of aryl methyl sites for hydroxylation is 2. The zero-order chi connectivity index (χ0) is 12.1. The Kier molecular flexibility index (Phi) is 3.81. The third-order valence-corrected chi connectivity index (χ3v) is 2.30. The van der Waals surface area contributed by atoms with Crippen molar-refractivity contribution in [1.29, 1.82) is 0 Å². The van der Waals surface area contributed by atoms with Gasteiger partial charge in [-0.15, -0.1) is 5.10 Å². The molecule has 0 spiro atoms. The summed E-state index contributed by atoms with van der Waals surface area (Å²) >= 11 is 0. The minimum Gasteiger partial charge on any atom is -0.396 e. The van der Waals surface area contributed by atoms with E-state index in [1.54, 1.807) is 4.68 Å². The fourth-order valence-corrected chi connectivity index (χ4v) is 1.43. The number of hydrogen-bond acceptors (Lipinski definition) is 6. The van der Waals surface area contributed by atoms with Crippen molar-refractivity contribution in [3.63, 3.8) is 0 Å². The van der Waals surface area contributed by atoms with Crippen molar-refractivity contribution in [3.05, 3.63) is 23.6 Å². The minimum atomic E-state index is 0.163. The van der Waals surface area contributed by atoms with Crippen molar-refractivity contribution in [2.45, 2.75) is 32.7 Å². The second-order valence-electron chi connectivity index (χ2n) is 3.69. The van der Waals surface area contributed by atoms with Gasteiger partial charge in [0.1, 0.15) is 6.54 Å². The van der Waals surface area contributed by atoms with E-state index in [1.807, 2.05) is 13.1 Å². The second-order valence-corrected chi connectivity index (χ2v) is 3.69.